The predicted molar refractivity (Wildman–Crippen MR) is 102 cm³/mol. The number of nitrogens with one attached hydrogen (secondary N) is 1. The number of hydrogen-bond donors (Lipinski definition) is 1. The van der Waals surface area contributed by atoms with E-state index in [4.69, 9.17) is 9.47 Å². The summed E-state index contributed by atoms with van der Waals surface area (Å²) >= 11 is 0. The Balaban J connectivity index is 1.50. The van der Waals surface area contributed by atoms with Gasteiger partial charge in [0.1, 0.15) is 12.4 Å². The molecule has 0 radical (unpaired) electrons. The SMILES string of the molecule is CCS(=O)(=O)N1CCC(NC(=O)c2cccc(OC[C@H]3CCCO3)c2)CC1. The van der Waals surface area contributed by atoms with Crippen LogP contribution in [0.25, 0.3) is 0 Å². The fraction of sp³-hybridized carbons (Fsp3) is 0.632. The summed E-state index contributed by atoms with van der Waals surface area (Å²) in [6, 6.07) is 7.11. The maximum atomic E-state index is 12.5. The Morgan fingerprint density at radius 2 is 2.07 bits per heavy atom. The standard InChI is InChI=1S/C19H28N2O5S/c1-2-27(23,24)21-10-8-16(9-11-21)20-19(22)15-5-3-6-17(13-15)26-14-18-7-4-12-25-18/h3,5-6,13,16,18H,2,4,7-12,14H2,1H3,(H,20,22)/t18-/m1/s1. The van der Waals surface area contributed by atoms with E-state index in [0.717, 1.165) is 19.4 Å². The summed E-state index contributed by atoms with van der Waals surface area (Å²) in [5, 5.41) is 3.01. The van der Waals surface area contributed by atoms with E-state index in [9.17, 15) is 13.2 Å². The first-order chi connectivity index (χ1) is 13.0. The van der Waals surface area contributed by atoms with Gasteiger partial charge in [0.25, 0.3) is 5.91 Å². The van der Waals surface area contributed by atoms with Crippen molar-refractivity contribution in [2.75, 3.05) is 32.1 Å². The molecule has 0 saturated carbocycles. The van der Waals surface area contributed by atoms with Gasteiger partial charge in [0.15, 0.2) is 0 Å². The summed E-state index contributed by atoms with van der Waals surface area (Å²) in [7, 11) is -3.15. The average Bonchev–Trinajstić information content (AvgIpc) is 3.21. The predicted octanol–water partition coefficient (Wildman–Crippen LogP) is 1.79. The van der Waals surface area contributed by atoms with Crippen molar-refractivity contribution in [3.8, 4) is 5.75 Å². The number of rotatable bonds is 7. The number of sulfonamides is 1. The van der Waals surface area contributed by atoms with Crippen LogP contribution >= 0.6 is 0 Å². The lowest BCUT2D eigenvalue weighted by Gasteiger charge is -2.31. The maximum absolute atomic E-state index is 12.5. The van der Waals surface area contributed by atoms with E-state index in [1.807, 2.05) is 6.07 Å². The van der Waals surface area contributed by atoms with E-state index in [0.29, 0.717) is 43.9 Å². The van der Waals surface area contributed by atoms with Gasteiger partial charge in [-0.25, -0.2) is 12.7 Å². The Labute approximate surface area is 161 Å². The molecule has 7 nitrogen and oxygen atoms in total. The lowest BCUT2D eigenvalue weighted by atomic mass is 10.1. The molecule has 0 bridgehead atoms. The molecule has 1 atom stereocenters. The van der Waals surface area contributed by atoms with Gasteiger partial charge in [-0.1, -0.05) is 6.07 Å². The van der Waals surface area contributed by atoms with Crippen molar-refractivity contribution in [1.82, 2.24) is 9.62 Å². The quantitative estimate of drug-likeness (QED) is 0.760. The monoisotopic (exact) mass is 396 g/mol. The molecule has 2 saturated heterocycles. The highest BCUT2D eigenvalue weighted by Crippen LogP contribution is 2.19. The van der Waals surface area contributed by atoms with Gasteiger partial charge in [-0.2, -0.15) is 0 Å². The van der Waals surface area contributed by atoms with Gasteiger partial charge in [0.2, 0.25) is 10.0 Å². The second-order valence-electron chi connectivity index (χ2n) is 7.02. The van der Waals surface area contributed by atoms with E-state index >= 15 is 0 Å². The number of piperidine rings is 1. The average molecular weight is 397 g/mol. The van der Waals surface area contributed by atoms with Crippen LogP contribution in [0.5, 0.6) is 5.75 Å². The normalized spacial score (nSPS) is 21.9. The molecule has 3 rings (SSSR count). The molecule has 2 fully saturated rings. The highest BCUT2D eigenvalue weighted by atomic mass is 32.2. The largest absolute Gasteiger partial charge is 0.491 e. The molecule has 150 valence electrons. The minimum Gasteiger partial charge on any atom is -0.491 e. The first kappa shape index (κ1) is 20.1. The number of ether oxygens (including phenoxy) is 2. The van der Waals surface area contributed by atoms with E-state index < -0.39 is 10.0 Å². The van der Waals surface area contributed by atoms with Gasteiger partial charge in [-0.3, -0.25) is 4.79 Å². The van der Waals surface area contributed by atoms with Crippen molar-refractivity contribution in [2.24, 2.45) is 0 Å². The number of nitrogens with zero attached hydrogens (tertiary/aromatic N) is 1. The second kappa shape index (κ2) is 9.03. The summed E-state index contributed by atoms with van der Waals surface area (Å²) in [5.74, 6) is 0.610. The van der Waals surface area contributed by atoms with Crippen LogP contribution < -0.4 is 10.1 Å². The molecule has 27 heavy (non-hydrogen) atoms. The van der Waals surface area contributed by atoms with Crippen LogP contribution in [-0.4, -0.2) is 62.8 Å². The maximum Gasteiger partial charge on any atom is 0.251 e. The molecular formula is C19H28N2O5S. The van der Waals surface area contributed by atoms with Crippen molar-refractivity contribution < 1.29 is 22.7 Å². The van der Waals surface area contributed by atoms with Crippen LogP contribution in [0.2, 0.25) is 0 Å². The van der Waals surface area contributed by atoms with Gasteiger partial charge in [-0.15, -0.1) is 0 Å². The van der Waals surface area contributed by atoms with Crippen molar-refractivity contribution in [3.05, 3.63) is 29.8 Å². The van der Waals surface area contributed by atoms with E-state index in [1.165, 1.54) is 4.31 Å². The minimum absolute atomic E-state index is 0.0164. The van der Waals surface area contributed by atoms with Crippen molar-refractivity contribution in [2.45, 2.75) is 44.8 Å². The molecule has 1 aromatic carbocycles. The molecule has 1 N–H and O–H groups in total. The Morgan fingerprint density at radius 3 is 2.74 bits per heavy atom. The van der Waals surface area contributed by atoms with Crippen LogP contribution in [0.4, 0.5) is 0 Å². The van der Waals surface area contributed by atoms with Crippen molar-refractivity contribution in [3.63, 3.8) is 0 Å². The molecule has 1 amide bonds. The summed E-state index contributed by atoms with van der Waals surface area (Å²) in [5.41, 5.74) is 0.545. The zero-order chi connectivity index (χ0) is 19.3. The Bertz CT molecular complexity index is 738. The first-order valence-corrected chi connectivity index (χ1v) is 11.2. The van der Waals surface area contributed by atoms with Gasteiger partial charge in [0, 0.05) is 31.3 Å². The topological polar surface area (TPSA) is 84.9 Å². The molecule has 0 unspecified atom stereocenters. The molecule has 2 heterocycles. The van der Waals surface area contributed by atoms with Gasteiger partial charge < -0.3 is 14.8 Å². The third-order valence-electron chi connectivity index (χ3n) is 5.10. The summed E-state index contributed by atoms with van der Waals surface area (Å²) in [6.07, 6.45) is 3.45. The molecular weight excluding hydrogens is 368 g/mol. The number of carbonyl (C=O) groups excluding carboxylic acids is 1. The van der Waals surface area contributed by atoms with Crippen LogP contribution in [-0.2, 0) is 14.8 Å². The van der Waals surface area contributed by atoms with Gasteiger partial charge in [-0.05, 0) is 50.8 Å². The van der Waals surface area contributed by atoms with Crippen molar-refractivity contribution >= 4 is 15.9 Å². The fourth-order valence-electron chi connectivity index (χ4n) is 3.42. The third-order valence-corrected chi connectivity index (χ3v) is 6.98. The summed E-state index contributed by atoms with van der Waals surface area (Å²) < 4.78 is 36.6. The lowest BCUT2D eigenvalue weighted by molar-refractivity contribution is 0.0679. The number of hydrogen-bond acceptors (Lipinski definition) is 5. The van der Waals surface area contributed by atoms with Crippen LogP contribution in [0.3, 0.4) is 0 Å². The fourth-order valence-corrected chi connectivity index (χ4v) is 4.55. The van der Waals surface area contributed by atoms with Gasteiger partial charge in [0.05, 0.1) is 11.9 Å². The highest BCUT2D eigenvalue weighted by Gasteiger charge is 2.27. The molecule has 1 aromatic rings. The van der Waals surface area contributed by atoms with E-state index in [2.05, 4.69) is 5.32 Å². The smallest absolute Gasteiger partial charge is 0.251 e. The number of benzene rings is 1. The van der Waals surface area contributed by atoms with E-state index in [-0.39, 0.29) is 23.8 Å². The van der Waals surface area contributed by atoms with E-state index in [1.54, 1.807) is 25.1 Å². The number of carbonyl (C=O) groups is 1. The minimum atomic E-state index is -3.15. The highest BCUT2D eigenvalue weighted by molar-refractivity contribution is 7.89. The third kappa shape index (κ3) is 5.43. The summed E-state index contributed by atoms with van der Waals surface area (Å²) in [4.78, 5) is 12.5. The lowest BCUT2D eigenvalue weighted by Crippen LogP contribution is -2.46. The molecule has 8 heteroatoms. The molecule has 2 aliphatic heterocycles. The molecule has 2 aliphatic rings. The van der Waals surface area contributed by atoms with Crippen LogP contribution in [0.15, 0.2) is 24.3 Å². The number of amides is 1. The summed E-state index contributed by atoms with van der Waals surface area (Å²) in [6.45, 7) is 3.83. The molecule has 0 aliphatic carbocycles. The van der Waals surface area contributed by atoms with Gasteiger partial charge >= 0.3 is 0 Å². The zero-order valence-electron chi connectivity index (χ0n) is 15.7. The Morgan fingerprint density at radius 1 is 1.30 bits per heavy atom. The second-order valence-corrected chi connectivity index (χ2v) is 9.28. The van der Waals surface area contributed by atoms with Crippen LogP contribution in [0.1, 0.15) is 43.0 Å². The Kier molecular flexibility index (Phi) is 6.73. The van der Waals surface area contributed by atoms with Crippen molar-refractivity contribution in [1.29, 1.82) is 0 Å². The van der Waals surface area contributed by atoms with Crippen LogP contribution in [0, 0.1) is 0 Å². The zero-order valence-corrected chi connectivity index (χ0v) is 16.5. The Hall–Kier alpha value is -1.64. The molecule has 0 aromatic heterocycles. The molecule has 0 spiro atoms. The first-order valence-electron chi connectivity index (χ1n) is 9.61.